The lowest BCUT2D eigenvalue weighted by Gasteiger charge is -2.14. The number of ether oxygens (including phenoxy) is 1. The minimum Gasteiger partial charge on any atom is -0.507 e. The molecule has 28 heavy (non-hydrogen) atoms. The van der Waals surface area contributed by atoms with Gasteiger partial charge in [0.1, 0.15) is 11.3 Å². The van der Waals surface area contributed by atoms with E-state index in [1.54, 1.807) is 6.07 Å². The number of fused-ring (bicyclic) bond motifs is 1. The van der Waals surface area contributed by atoms with Crippen molar-refractivity contribution < 1.29 is 19.4 Å². The number of aromatic hydroxyl groups is 1. The van der Waals surface area contributed by atoms with E-state index in [0.717, 1.165) is 23.6 Å². The van der Waals surface area contributed by atoms with Gasteiger partial charge < -0.3 is 15.2 Å². The van der Waals surface area contributed by atoms with Gasteiger partial charge in [-0.2, -0.15) is 0 Å². The largest absolute Gasteiger partial charge is 0.507 e. The first kappa shape index (κ1) is 19.4. The Morgan fingerprint density at radius 1 is 1.00 bits per heavy atom. The zero-order valence-electron chi connectivity index (χ0n) is 15.7. The summed E-state index contributed by atoms with van der Waals surface area (Å²) in [7, 11) is 0. The van der Waals surface area contributed by atoms with Crippen LogP contribution in [0.1, 0.15) is 29.3 Å². The van der Waals surface area contributed by atoms with Crippen LogP contribution in [0.2, 0.25) is 0 Å². The van der Waals surface area contributed by atoms with E-state index in [1.807, 2.05) is 61.5 Å². The summed E-state index contributed by atoms with van der Waals surface area (Å²) >= 11 is 0. The van der Waals surface area contributed by atoms with Gasteiger partial charge in [-0.05, 0) is 48.2 Å². The number of aryl methyl sites for hydroxylation is 1. The van der Waals surface area contributed by atoms with E-state index in [-0.39, 0.29) is 29.9 Å². The second kappa shape index (κ2) is 9.04. The lowest BCUT2D eigenvalue weighted by atomic mass is 10.1. The van der Waals surface area contributed by atoms with Crippen LogP contribution in [-0.2, 0) is 16.0 Å². The quantitative estimate of drug-likeness (QED) is 0.614. The highest BCUT2D eigenvalue weighted by Gasteiger charge is 2.16. The van der Waals surface area contributed by atoms with E-state index < -0.39 is 5.97 Å². The monoisotopic (exact) mass is 377 g/mol. The lowest BCUT2D eigenvalue weighted by molar-refractivity contribution is -0.124. The Morgan fingerprint density at radius 2 is 1.64 bits per heavy atom. The van der Waals surface area contributed by atoms with Gasteiger partial charge in [0.25, 0.3) is 5.91 Å². The molecule has 5 heteroatoms. The molecular formula is C23H23NO4. The molecule has 0 aromatic heterocycles. The minimum atomic E-state index is -0.727. The first-order chi connectivity index (χ1) is 13.5. The molecule has 0 spiro atoms. The fraction of sp³-hybridized carbons (Fsp3) is 0.217. The van der Waals surface area contributed by atoms with Crippen LogP contribution in [0.25, 0.3) is 10.8 Å². The molecule has 0 saturated carbocycles. The maximum atomic E-state index is 12.2. The Balaban J connectivity index is 1.50. The number of carbonyl (C=O) groups is 2. The Kier molecular flexibility index (Phi) is 6.27. The normalized spacial score (nSPS) is 11.8. The molecule has 0 aliphatic rings. The SMILES string of the molecule is C[C@H](CCc1ccccc1)NC(=O)COC(=O)c1cc2ccccc2cc1O. The molecule has 0 unspecified atom stereocenters. The first-order valence-corrected chi connectivity index (χ1v) is 9.25. The molecule has 0 saturated heterocycles. The Bertz CT molecular complexity index is 969. The molecule has 0 fully saturated rings. The number of hydrogen-bond donors (Lipinski definition) is 2. The maximum absolute atomic E-state index is 12.2. The summed E-state index contributed by atoms with van der Waals surface area (Å²) in [4.78, 5) is 24.3. The Hall–Kier alpha value is -3.34. The molecule has 0 aliphatic heterocycles. The molecule has 1 atom stereocenters. The van der Waals surface area contributed by atoms with E-state index in [1.165, 1.54) is 11.6 Å². The van der Waals surface area contributed by atoms with Gasteiger partial charge in [-0.3, -0.25) is 4.79 Å². The molecule has 2 N–H and O–H groups in total. The van der Waals surface area contributed by atoms with Gasteiger partial charge in [-0.1, -0.05) is 54.6 Å². The summed E-state index contributed by atoms with van der Waals surface area (Å²) in [6, 6.07) is 20.4. The van der Waals surface area contributed by atoms with Crippen molar-refractivity contribution in [2.45, 2.75) is 25.8 Å². The summed E-state index contributed by atoms with van der Waals surface area (Å²) in [5, 5.41) is 14.5. The van der Waals surface area contributed by atoms with Crippen molar-refractivity contribution >= 4 is 22.6 Å². The second-order valence-corrected chi connectivity index (χ2v) is 6.79. The molecule has 3 aromatic rings. The predicted molar refractivity (Wildman–Crippen MR) is 108 cm³/mol. The van der Waals surface area contributed by atoms with Crippen molar-refractivity contribution in [1.29, 1.82) is 0 Å². The van der Waals surface area contributed by atoms with Crippen molar-refractivity contribution in [2.24, 2.45) is 0 Å². The molecule has 144 valence electrons. The van der Waals surface area contributed by atoms with Crippen LogP contribution in [0.4, 0.5) is 0 Å². The van der Waals surface area contributed by atoms with Crippen LogP contribution in [0, 0.1) is 0 Å². The fourth-order valence-corrected chi connectivity index (χ4v) is 3.02. The molecule has 5 nitrogen and oxygen atoms in total. The van der Waals surface area contributed by atoms with Crippen molar-refractivity contribution in [3.05, 3.63) is 77.9 Å². The number of hydrogen-bond acceptors (Lipinski definition) is 4. The molecule has 0 bridgehead atoms. The van der Waals surface area contributed by atoms with Crippen LogP contribution >= 0.6 is 0 Å². The number of phenols is 1. The average molecular weight is 377 g/mol. The number of phenolic OH excluding ortho intramolecular Hbond substituents is 1. The first-order valence-electron chi connectivity index (χ1n) is 9.25. The Labute approximate surface area is 164 Å². The summed E-state index contributed by atoms with van der Waals surface area (Å²) < 4.78 is 5.07. The molecular weight excluding hydrogens is 354 g/mol. The van der Waals surface area contributed by atoms with Crippen molar-refractivity contribution in [1.82, 2.24) is 5.32 Å². The summed E-state index contributed by atoms with van der Waals surface area (Å²) in [5.41, 5.74) is 1.26. The van der Waals surface area contributed by atoms with Gasteiger partial charge in [0.05, 0.1) is 0 Å². The van der Waals surface area contributed by atoms with Gasteiger partial charge in [0, 0.05) is 6.04 Å². The van der Waals surface area contributed by atoms with E-state index in [9.17, 15) is 14.7 Å². The molecule has 0 heterocycles. The summed E-state index contributed by atoms with van der Waals surface area (Å²) in [5.74, 6) is -1.26. The molecule has 0 aliphatic carbocycles. The van der Waals surface area contributed by atoms with Gasteiger partial charge in [0.2, 0.25) is 0 Å². The number of carbonyl (C=O) groups excluding carboxylic acids is 2. The Morgan fingerprint density at radius 3 is 2.36 bits per heavy atom. The highest BCUT2D eigenvalue weighted by Crippen LogP contribution is 2.25. The molecule has 3 rings (SSSR count). The lowest BCUT2D eigenvalue weighted by Crippen LogP contribution is -2.36. The number of amides is 1. The fourth-order valence-electron chi connectivity index (χ4n) is 3.02. The van der Waals surface area contributed by atoms with Crippen molar-refractivity contribution in [3.8, 4) is 5.75 Å². The van der Waals surface area contributed by atoms with Gasteiger partial charge in [-0.25, -0.2) is 4.79 Å². The van der Waals surface area contributed by atoms with E-state index in [2.05, 4.69) is 5.32 Å². The van der Waals surface area contributed by atoms with Crippen LogP contribution in [0.5, 0.6) is 5.75 Å². The molecule has 1 amide bonds. The smallest absolute Gasteiger partial charge is 0.342 e. The standard InChI is InChI=1S/C23H23NO4/c1-16(11-12-17-7-3-2-4-8-17)24-22(26)15-28-23(27)20-13-18-9-5-6-10-19(18)14-21(20)25/h2-10,13-14,16,25H,11-12,15H2,1H3,(H,24,26)/t16-/m1/s1. The topological polar surface area (TPSA) is 75.6 Å². The van der Waals surface area contributed by atoms with Crippen LogP contribution < -0.4 is 5.32 Å². The third-order valence-corrected chi connectivity index (χ3v) is 4.53. The number of rotatable bonds is 7. The maximum Gasteiger partial charge on any atom is 0.342 e. The third kappa shape index (κ3) is 5.10. The van der Waals surface area contributed by atoms with Crippen LogP contribution in [0.3, 0.4) is 0 Å². The zero-order valence-corrected chi connectivity index (χ0v) is 15.7. The summed E-state index contributed by atoms with van der Waals surface area (Å²) in [6.45, 7) is 1.53. The van der Waals surface area contributed by atoms with E-state index >= 15 is 0 Å². The van der Waals surface area contributed by atoms with Crippen molar-refractivity contribution in [3.63, 3.8) is 0 Å². The highest BCUT2D eigenvalue weighted by atomic mass is 16.5. The average Bonchev–Trinajstić information content (AvgIpc) is 2.70. The molecule has 3 aromatic carbocycles. The minimum absolute atomic E-state index is 0.0412. The van der Waals surface area contributed by atoms with Gasteiger partial charge >= 0.3 is 5.97 Å². The van der Waals surface area contributed by atoms with E-state index in [0.29, 0.717) is 0 Å². The second-order valence-electron chi connectivity index (χ2n) is 6.79. The number of nitrogens with one attached hydrogen (secondary N) is 1. The predicted octanol–water partition coefficient (Wildman–Crippen LogP) is 3.84. The zero-order chi connectivity index (χ0) is 19.9. The van der Waals surface area contributed by atoms with Crippen LogP contribution in [-0.4, -0.2) is 29.6 Å². The highest BCUT2D eigenvalue weighted by molar-refractivity contribution is 5.99. The van der Waals surface area contributed by atoms with Gasteiger partial charge in [0.15, 0.2) is 6.61 Å². The number of esters is 1. The van der Waals surface area contributed by atoms with Crippen LogP contribution in [0.15, 0.2) is 66.7 Å². The summed E-state index contributed by atoms with van der Waals surface area (Å²) in [6.07, 6.45) is 1.64. The van der Waals surface area contributed by atoms with Crippen molar-refractivity contribution in [2.75, 3.05) is 6.61 Å². The third-order valence-electron chi connectivity index (χ3n) is 4.53. The number of benzene rings is 3. The molecule has 0 radical (unpaired) electrons. The van der Waals surface area contributed by atoms with E-state index in [4.69, 9.17) is 4.74 Å². The van der Waals surface area contributed by atoms with Gasteiger partial charge in [-0.15, -0.1) is 0 Å².